The van der Waals surface area contributed by atoms with Crippen molar-refractivity contribution >= 4 is 39.0 Å². The largest absolute Gasteiger partial charge is 0.454 e. The van der Waals surface area contributed by atoms with Crippen molar-refractivity contribution in [1.82, 2.24) is 0 Å². The Balaban J connectivity index is 1.30. The molecule has 0 bridgehead atoms. The second-order valence-corrected chi connectivity index (χ2v) is 13.2. The maximum absolute atomic E-state index is 6.73. The van der Waals surface area contributed by atoms with Crippen LogP contribution in [0.5, 0.6) is 0 Å². The predicted octanol–water partition coefficient (Wildman–Crippen LogP) is 13.1. The molecule has 240 valence electrons. The Hall–Kier alpha value is -6.64. The highest BCUT2D eigenvalue weighted by atomic mass is 16.3. The van der Waals surface area contributed by atoms with Gasteiger partial charge in [0, 0.05) is 22.0 Å². The van der Waals surface area contributed by atoms with Crippen LogP contribution in [0, 0.1) is 0 Å². The molecule has 1 aromatic heterocycles. The third-order valence-electron chi connectivity index (χ3n) is 10.6. The van der Waals surface area contributed by atoms with Gasteiger partial charge in [-0.3, -0.25) is 0 Å². The fourth-order valence-electron chi connectivity index (χ4n) is 8.42. The minimum absolute atomic E-state index is 0.513. The van der Waals surface area contributed by atoms with Gasteiger partial charge < -0.3 is 9.32 Å². The Morgan fingerprint density at radius 1 is 0.392 bits per heavy atom. The first-order chi connectivity index (χ1) is 25.3. The van der Waals surface area contributed by atoms with E-state index < -0.39 is 5.41 Å². The quantitative estimate of drug-likeness (QED) is 0.178. The van der Waals surface area contributed by atoms with Gasteiger partial charge in [0.15, 0.2) is 5.58 Å². The Morgan fingerprint density at radius 3 is 1.73 bits per heavy atom. The molecule has 1 aliphatic carbocycles. The van der Waals surface area contributed by atoms with E-state index in [2.05, 4.69) is 199 Å². The maximum Gasteiger partial charge on any atom is 0.159 e. The van der Waals surface area contributed by atoms with Crippen LogP contribution < -0.4 is 4.90 Å². The highest BCUT2D eigenvalue weighted by molar-refractivity contribution is 6.11. The first-order valence-corrected chi connectivity index (χ1v) is 17.5. The number of nitrogens with zero attached hydrogens (tertiary/aromatic N) is 1. The molecule has 1 heterocycles. The highest BCUT2D eigenvalue weighted by Crippen LogP contribution is 2.57. The lowest BCUT2D eigenvalue weighted by Crippen LogP contribution is -2.28. The van der Waals surface area contributed by atoms with Crippen LogP contribution >= 0.6 is 0 Å². The average Bonchev–Trinajstić information content (AvgIpc) is 3.74. The SMILES string of the molecule is c1ccc(-c2ccccc2N(c2ccc3c(c2)C(c2ccccc2)(c2ccccc2)c2ccccc2-3)c2cccc3c2oc2ccccc23)cc1. The molecule has 2 nitrogen and oxygen atoms in total. The molecule has 0 atom stereocenters. The number of para-hydroxylation sites is 3. The van der Waals surface area contributed by atoms with Crippen LogP contribution in [0.25, 0.3) is 44.2 Å². The predicted molar refractivity (Wildman–Crippen MR) is 211 cm³/mol. The number of furan rings is 1. The van der Waals surface area contributed by atoms with Crippen molar-refractivity contribution < 1.29 is 4.42 Å². The lowest BCUT2D eigenvalue weighted by Gasteiger charge is -2.35. The van der Waals surface area contributed by atoms with Crippen LogP contribution in [0.2, 0.25) is 0 Å². The molecular weight excluding hydrogens is 619 g/mol. The van der Waals surface area contributed by atoms with E-state index in [1.165, 1.54) is 33.4 Å². The van der Waals surface area contributed by atoms with Gasteiger partial charge in [0.05, 0.1) is 16.8 Å². The van der Waals surface area contributed by atoms with E-state index in [1.54, 1.807) is 0 Å². The van der Waals surface area contributed by atoms with E-state index >= 15 is 0 Å². The summed E-state index contributed by atoms with van der Waals surface area (Å²) in [6.45, 7) is 0. The molecule has 8 aromatic carbocycles. The topological polar surface area (TPSA) is 16.4 Å². The average molecular weight is 652 g/mol. The molecule has 10 rings (SSSR count). The normalized spacial score (nSPS) is 12.9. The second kappa shape index (κ2) is 11.8. The number of rotatable bonds is 6. The standard InChI is InChI=1S/C49H33NO/c1-4-17-34(18-5-1)38-23-11-14-28-45(38)50(46-29-16-26-42-41-25-12-15-30-47(41)51-48(42)46)37-31-32-40-39-24-10-13-27-43(39)49(44(40)33-37,35-19-6-2-7-20-35)36-21-8-3-9-22-36/h1-33H. The minimum atomic E-state index is -0.513. The zero-order valence-corrected chi connectivity index (χ0v) is 27.9. The minimum Gasteiger partial charge on any atom is -0.454 e. The number of benzene rings is 8. The molecule has 9 aromatic rings. The molecule has 0 unspecified atom stereocenters. The summed E-state index contributed by atoms with van der Waals surface area (Å²) in [6, 6.07) is 72.2. The summed E-state index contributed by atoms with van der Waals surface area (Å²) in [5.74, 6) is 0. The highest BCUT2D eigenvalue weighted by Gasteiger charge is 2.46. The zero-order valence-electron chi connectivity index (χ0n) is 27.9. The lowest BCUT2D eigenvalue weighted by molar-refractivity contribution is 0.669. The number of hydrogen-bond acceptors (Lipinski definition) is 2. The van der Waals surface area contributed by atoms with Gasteiger partial charge in [0.25, 0.3) is 0 Å². The molecule has 51 heavy (non-hydrogen) atoms. The molecule has 1 aliphatic rings. The van der Waals surface area contributed by atoms with Crippen LogP contribution in [0.4, 0.5) is 17.1 Å². The van der Waals surface area contributed by atoms with E-state index in [4.69, 9.17) is 4.42 Å². The van der Waals surface area contributed by atoms with Gasteiger partial charge >= 0.3 is 0 Å². The van der Waals surface area contributed by atoms with Gasteiger partial charge in [0.1, 0.15) is 5.58 Å². The van der Waals surface area contributed by atoms with Gasteiger partial charge in [-0.1, -0.05) is 170 Å². The first kappa shape index (κ1) is 29.3. The van der Waals surface area contributed by atoms with Crippen molar-refractivity contribution in [2.75, 3.05) is 4.90 Å². The molecule has 0 saturated heterocycles. The Morgan fingerprint density at radius 2 is 0.961 bits per heavy atom. The maximum atomic E-state index is 6.73. The number of anilines is 3. The van der Waals surface area contributed by atoms with Crippen molar-refractivity contribution in [3.05, 3.63) is 222 Å². The molecule has 0 amide bonds. The van der Waals surface area contributed by atoms with Gasteiger partial charge in [0.2, 0.25) is 0 Å². The van der Waals surface area contributed by atoms with Crippen molar-refractivity contribution in [3.63, 3.8) is 0 Å². The molecule has 2 heteroatoms. The van der Waals surface area contributed by atoms with Crippen LogP contribution in [-0.4, -0.2) is 0 Å². The van der Waals surface area contributed by atoms with Crippen molar-refractivity contribution in [2.24, 2.45) is 0 Å². The van der Waals surface area contributed by atoms with Gasteiger partial charge in [-0.25, -0.2) is 0 Å². The van der Waals surface area contributed by atoms with E-state index in [-0.39, 0.29) is 0 Å². The summed E-state index contributed by atoms with van der Waals surface area (Å²) in [5, 5.41) is 2.21. The van der Waals surface area contributed by atoms with Crippen LogP contribution in [0.3, 0.4) is 0 Å². The van der Waals surface area contributed by atoms with E-state index in [1.807, 2.05) is 6.07 Å². The van der Waals surface area contributed by atoms with Crippen molar-refractivity contribution in [3.8, 4) is 22.3 Å². The summed E-state index contributed by atoms with van der Waals surface area (Å²) in [7, 11) is 0. The van der Waals surface area contributed by atoms with Crippen LogP contribution in [-0.2, 0) is 5.41 Å². The van der Waals surface area contributed by atoms with Gasteiger partial charge in [-0.2, -0.15) is 0 Å². The summed E-state index contributed by atoms with van der Waals surface area (Å²) >= 11 is 0. The van der Waals surface area contributed by atoms with Crippen LogP contribution in [0.15, 0.2) is 205 Å². The first-order valence-electron chi connectivity index (χ1n) is 17.5. The molecule has 0 fully saturated rings. The van der Waals surface area contributed by atoms with Crippen molar-refractivity contribution in [2.45, 2.75) is 5.41 Å². The third-order valence-corrected chi connectivity index (χ3v) is 10.6. The lowest BCUT2D eigenvalue weighted by atomic mass is 9.67. The fraction of sp³-hybridized carbons (Fsp3) is 0.0204. The summed E-state index contributed by atoms with van der Waals surface area (Å²) in [5.41, 5.74) is 14.2. The smallest absolute Gasteiger partial charge is 0.159 e. The summed E-state index contributed by atoms with van der Waals surface area (Å²) in [6.07, 6.45) is 0. The molecule has 0 saturated carbocycles. The summed E-state index contributed by atoms with van der Waals surface area (Å²) in [4.78, 5) is 2.40. The number of hydrogen-bond donors (Lipinski definition) is 0. The van der Waals surface area contributed by atoms with Gasteiger partial charge in [-0.05, 0) is 69.3 Å². The molecule has 0 radical (unpaired) electrons. The zero-order chi connectivity index (χ0) is 33.8. The third kappa shape index (κ3) is 4.43. The number of fused-ring (bicyclic) bond motifs is 6. The van der Waals surface area contributed by atoms with Crippen LogP contribution in [0.1, 0.15) is 22.3 Å². The molecule has 0 N–H and O–H groups in total. The molecule has 0 aliphatic heterocycles. The Bertz CT molecular complexity index is 2650. The summed E-state index contributed by atoms with van der Waals surface area (Å²) < 4.78 is 6.73. The van der Waals surface area contributed by atoms with E-state index in [9.17, 15) is 0 Å². The fourth-order valence-corrected chi connectivity index (χ4v) is 8.42. The Labute approximate surface area is 297 Å². The second-order valence-electron chi connectivity index (χ2n) is 13.2. The van der Waals surface area contributed by atoms with E-state index in [0.29, 0.717) is 0 Å². The Kier molecular flexibility index (Phi) is 6.75. The van der Waals surface area contributed by atoms with E-state index in [0.717, 1.165) is 50.1 Å². The monoisotopic (exact) mass is 651 g/mol. The van der Waals surface area contributed by atoms with Crippen molar-refractivity contribution in [1.29, 1.82) is 0 Å². The van der Waals surface area contributed by atoms with Gasteiger partial charge in [-0.15, -0.1) is 0 Å². The molecular formula is C49H33NO. The molecule has 0 spiro atoms.